The highest BCUT2D eigenvalue weighted by molar-refractivity contribution is 7.09. The maximum Gasteiger partial charge on any atom is 0.223 e. The van der Waals surface area contributed by atoms with Gasteiger partial charge in [-0.1, -0.05) is 37.5 Å². The van der Waals surface area contributed by atoms with Crippen molar-refractivity contribution >= 4 is 28.1 Å². The average Bonchev–Trinajstić information content (AvgIpc) is 3.34. The van der Waals surface area contributed by atoms with E-state index in [1.807, 2.05) is 12.4 Å². The number of hydrogen-bond acceptors (Lipinski definition) is 3. The molecule has 3 aromatic rings. The minimum Gasteiger partial charge on any atom is -0.356 e. The van der Waals surface area contributed by atoms with Crippen LogP contribution in [0, 0.1) is 12.8 Å². The van der Waals surface area contributed by atoms with Gasteiger partial charge in [-0.3, -0.25) is 4.79 Å². The van der Waals surface area contributed by atoms with E-state index < -0.39 is 0 Å². The number of aryl methyl sites for hydroxylation is 2. The molecule has 4 nitrogen and oxygen atoms in total. The number of aromatic amines is 1. The maximum atomic E-state index is 13.4. The van der Waals surface area contributed by atoms with Gasteiger partial charge in [0.15, 0.2) is 0 Å². The van der Waals surface area contributed by atoms with E-state index in [9.17, 15) is 4.79 Å². The van der Waals surface area contributed by atoms with Crippen molar-refractivity contribution in [1.29, 1.82) is 0 Å². The Bertz CT molecular complexity index is 1010. The molecule has 0 radical (unpaired) electrons. The van der Waals surface area contributed by atoms with E-state index in [0.717, 1.165) is 25.1 Å². The number of H-pyrrole nitrogens is 1. The number of aromatic nitrogens is 2. The van der Waals surface area contributed by atoms with Gasteiger partial charge in [-0.2, -0.15) is 0 Å². The second-order valence-corrected chi connectivity index (χ2v) is 9.54. The van der Waals surface area contributed by atoms with E-state index in [4.69, 9.17) is 0 Å². The summed E-state index contributed by atoms with van der Waals surface area (Å²) in [5.74, 6) is 0.877. The fraction of sp³-hybridized carbons (Fsp3) is 0.500. The van der Waals surface area contributed by atoms with Crippen LogP contribution in [0.25, 0.3) is 10.9 Å². The van der Waals surface area contributed by atoms with Crippen LogP contribution >= 0.6 is 11.3 Å². The third-order valence-electron chi connectivity index (χ3n) is 6.91. The molecule has 0 unspecified atom stereocenters. The molecule has 29 heavy (non-hydrogen) atoms. The standard InChI is InChI=1S/C24H29N3OS/c1-16-21(29-15-25-16)11-12-22(28)27-14-13-19-18-9-5-6-10-20(18)26-23(19)24(27)17-7-3-2-4-8-17/h5-6,9-10,15,17,24,26H,2-4,7-8,11-14H2,1H3/t24-/m1/s1. The number of rotatable bonds is 4. The van der Waals surface area contributed by atoms with Crippen LogP contribution in [0.15, 0.2) is 29.8 Å². The van der Waals surface area contributed by atoms with Gasteiger partial charge < -0.3 is 9.88 Å². The summed E-state index contributed by atoms with van der Waals surface area (Å²) >= 11 is 1.67. The van der Waals surface area contributed by atoms with Gasteiger partial charge in [0.1, 0.15) is 0 Å². The first-order chi connectivity index (χ1) is 14.2. The fourth-order valence-corrected chi connectivity index (χ4v) is 6.20. The van der Waals surface area contributed by atoms with Crippen molar-refractivity contribution in [3.63, 3.8) is 0 Å². The molecule has 2 aliphatic rings. The molecule has 1 aliphatic carbocycles. The molecule has 1 aromatic carbocycles. The highest BCUT2D eigenvalue weighted by Gasteiger charge is 2.38. The van der Waals surface area contributed by atoms with Crippen LogP contribution in [0.4, 0.5) is 0 Å². The molecule has 0 saturated heterocycles. The lowest BCUT2D eigenvalue weighted by atomic mass is 9.79. The molecule has 5 heteroatoms. The van der Waals surface area contributed by atoms with Crippen molar-refractivity contribution in [1.82, 2.24) is 14.9 Å². The Morgan fingerprint density at radius 3 is 2.86 bits per heavy atom. The Morgan fingerprint density at radius 1 is 1.24 bits per heavy atom. The third kappa shape index (κ3) is 3.50. The van der Waals surface area contributed by atoms with Crippen LogP contribution < -0.4 is 0 Å². The van der Waals surface area contributed by atoms with E-state index in [1.165, 1.54) is 59.1 Å². The molecule has 0 spiro atoms. The molecule has 5 rings (SSSR count). The number of benzene rings is 1. The van der Waals surface area contributed by atoms with Crippen molar-refractivity contribution in [3.8, 4) is 0 Å². The molecule has 1 amide bonds. The van der Waals surface area contributed by atoms with Crippen LogP contribution in [0.2, 0.25) is 0 Å². The highest BCUT2D eigenvalue weighted by atomic mass is 32.1. The predicted molar refractivity (Wildman–Crippen MR) is 118 cm³/mol. The average molecular weight is 408 g/mol. The van der Waals surface area contributed by atoms with E-state index in [0.29, 0.717) is 18.2 Å². The van der Waals surface area contributed by atoms with E-state index in [-0.39, 0.29) is 6.04 Å². The number of amides is 1. The van der Waals surface area contributed by atoms with Crippen LogP contribution in [0.5, 0.6) is 0 Å². The quantitative estimate of drug-likeness (QED) is 0.614. The third-order valence-corrected chi connectivity index (χ3v) is 7.90. The van der Waals surface area contributed by atoms with Gasteiger partial charge in [0, 0.05) is 34.4 Å². The lowest BCUT2D eigenvalue weighted by molar-refractivity contribution is -0.135. The molecule has 2 aromatic heterocycles. The van der Waals surface area contributed by atoms with Gasteiger partial charge >= 0.3 is 0 Å². The fourth-order valence-electron chi connectivity index (χ4n) is 5.42. The largest absolute Gasteiger partial charge is 0.356 e. The number of fused-ring (bicyclic) bond motifs is 3. The summed E-state index contributed by atoms with van der Waals surface area (Å²) in [6, 6.07) is 8.83. The molecule has 1 aliphatic heterocycles. The summed E-state index contributed by atoms with van der Waals surface area (Å²) in [6.45, 7) is 2.88. The lowest BCUT2D eigenvalue weighted by Crippen LogP contribution is -2.43. The van der Waals surface area contributed by atoms with Gasteiger partial charge in [-0.05, 0) is 50.2 Å². The first kappa shape index (κ1) is 18.9. The zero-order valence-electron chi connectivity index (χ0n) is 17.1. The number of carbonyl (C=O) groups is 1. The second-order valence-electron chi connectivity index (χ2n) is 8.60. The van der Waals surface area contributed by atoms with Gasteiger partial charge in [0.05, 0.1) is 17.2 Å². The topological polar surface area (TPSA) is 49.0 Å². The Balaban J connectivity index is 1.45. The minimum atomic E-state index is 0.210. The van der Waals surface area contributed by atoms with Crippen LogP contribution in [-0.4, -0.2) is 27.3 Å². The van der Waals surface area contributed by atoms with Gasteiger partial charge in [0.25, 0.3) is 0 Å². The zero-order chi connectivity index (χ0) is 19.8. The SMILES string of the molecule is Cc1ncsc1CCC(=O)N1CCc2c([nH]c3ccccc23)[C@H]1C1CCCCC1. The smallest absolute Gasteiger partial charge is 0.223 e. The minimum absolute atomic E-state index is 0.210. The summed E-state index contributed by atoms with van der Waals surface area (Å²) < 4.78 is 0. The number of nitrogens with one attached hydrogen (secondary N) is 1. The Morgan fingerprint density at radius 2 is 2.07 bits per heavy atom. The van der Waals surface area contributed by atoms with E-state index >= 15 is 0 Å². The summed E-state index contributed by atoms with van der Waals surface area (Å²) in [6.07, 6.45) is 8.73. The predicted octanol–water partition coefficient (Wildman–Crippen LogP) is 5.57. The van der Waals surface area contributed by atoms with Crippen LogP contribution in [0.3, 0.4) is 0 Å². The Labute approximate surface area is 176 Å². The molecule has 1 N–H and O–H groups in total. The van der Waals surface area contributed by atoms with Crippen LogP contribution in [0.1, 0.15) is 66.4 Å². The zero-order valence-corrected chi connectivity index (χ0v) is 17.9. The Kier molecular flexibility index (Phi) is 5.17. The van der Waals surface area contributed by atoms with Gasteiger partial charge in [-0.25, -0.2) is 4.98 Å². The van der Waals surface area contributed by atoms with Crippen molar-refractivity contribution in [2.24, 2.45) is 5.92 Å². The molecule has 1 atom stereocenters. The molecule has 3 heterocycles. The number of hydrogen-bond donors (Lipinski definition) is 1. The summed E-state index contributed by atoms with van der Waals surface area (Å²) in [7, 11) is 0. The molecular weight excluding hydrogens is 378 g/mol. The van der Waals surface area contributed by atoms with E-state index in [2.05, 4.69) is 39.1 Å². The van der Waals surface area contributed by atoms with Crippen molar-refractivity contribution in [2.75, 3.05) is 6.54 Å². The number of thiazole rings is 1. The van der Waals surface area contributed by atoms with Crippen molar-refractivity contribution < 1.29 is 4.79 Å². The van der Waals surface area contributed by atoms with Gasteiger partial charge in [0.2, 0.25) is 5.91 Å². The highest BCUT2D eigenvalue weighted by Crippen LogP contribution is 2.43. The first-order valence-corrected chi connectivity index (χ1v) is 11.9. The van der Waals surface area contributed by atoms with Crippen LogP contribution in [-0.2, 0) is 17.6 Å². The molecule has 1 fully saturated rings. The Hall–Kier alpha value is -2.14. The number of carbonyl (C=O) groups excluding carboxylic acids is 1. The maximum absolute atomic E-state index is 13.4. The molecule has 152 valence electrons. The monoisotopic (exact) mass is 407 g/mol. The lowest BCUT2D eigenvalue weighted by Gasteiger charge is -2.42. The second kappa shape index (κ2) is 7.94. The number of para-hydroxylation sites is 1. The summed E-state index contributed by atoms with van der Waals surface area (Å²) in [4.78, 5) is 24.9. The summed E-state index contributed by atoms with van der Waals surface area (Å²) in [5, 5.41) is 1.34. The van der Waals surface area contributed by atoms with E-state index in [1.54, 1.807) is 11.3 Å². The first-order valence-electron chi connectivity index (χ1n) is 11.0. The summed E-state index contributed by atoms with van der Waals surface area (Å²) in [5.41, 5.74) is 6.93. The molecular formula is C24H29N3OS. The number of nitrogens with zero attached hydrogens (tertiary/aromatic N) is 2. The normalized spacial score (nSPS) is 20.2. The van der Waals surface area contributed by atoms with Crippen molar-refractivity contribution in [2.45, 2.75) is 64.3 Å². The van der Waals surface area contributed by atoms with Crippen molar-refractivity contribution in [3.05, 3.63) is 51.6 Å². The van der Waals surface area contributed by atoms with Gasteiger partial charge in [-0.15, -0.1) is 11.3 Å². The molecule has 1 saturated carbocycles. The molecule has 0 bridgehead atoms.